The van der Waals surface area contributed by atoms with Crippen LogP contribution in [0.2, 0.25) is 5.02 Å². The van der Waals surface area contributed by atoms with Crippen LogP contribution in [0.4, 0.5) is 0 Å². The Hall–Kier alpha value is -1.06. The molecule has 0 radical (unpaired) electrons. The van der Waals surface area contributed by atoms with Gasteiger partial charge in [0, 0.05) is 29.7 Å². The molecule has 1 fully saturated rings. The monoisotopic (exact) mass is 308 g/mol. The molecule has 0 aliphatic carbocycles. The van der Waals surface area contributed by atoms with Crippen LogP contribution in [0.1, 0.15) is 45.7 Å². The number of likely N-dealkylation sites (tertiary alicyclic amines) is 1. The number of carbonyl (C=O) groups excluding carboxylic acids is 1. The zero-order valence-corrected chi connectivity index (χ0v) is 14.1. The van der Waals surface area contributed by atoms with Crippen LogP contribution in [-0.2, 0) is 4.79 Å². The Bertz CT molecular complexity index is 476. The van der Waals surface area contributed by atoms with Gasteiger partial charge in [0.15, 0.2) is 0 Å². The summed E-state index contributed by atoms with van der Waals surface area (Å²) in [6.07, 6.45) is 1.11. The Morgan fingerprint density at radius 3 is 2.24 bits per heavy atom. The van der Waals surface area contributed by atoms with E-state index in [1.165, 1.54) is 5.56 Å². The smallest absolute Gasteiger partial charge is 0.237 e. The predicted molar refractivity (Wildman–Crippen MR) is 87.5 cm³/mol. The lowest BCUT2D eigenvalue weighted by Gasteiger charge is -2.42. The van der Waals surface area contributed by atoms with E-state index in [-0.39, 0.29) is 18.0 Å². The molecule has 21 heavy (non-hydrogen) atoms. The zero-order chi connectivity index (χ0) is 15.6. The van der Waals surface area contributed by atoms with Gasteiger partial charge < -0.3 is 4.90 Å². The number of carbonyl (C=O) groups is 1. The highest BCUT2D eigenvalue weighted by molar-refractivity contribution is 6.30. The van der Waals surface area contributed by atoms with E-state index in [1.807, 2.05) is 17.0 Å². The van der Waals surface area contributed by atoms with Crippen molar-refractivity contribution in [3.05, 3.63) is 34.9 Å². The van der Waals surface area contributed by atoms with E-state index in [2.05, 4.69) is 44.7 Å². The quantitative estimate of drug-likeness (QED) is 0.827. The summed E-state index contributed by atoms with van der Waals surface area (Å²) in [5, 5.41) is 0.756. The van der Waals surface area contributed by atoms with Crippen molar-refractivity contribution in [2.24, 2.45) is 0 Å². The van der Waals surface area contributed by atoms with E-state index >= 15 is 0 Å². The summed E-state index contributed by atoms with van der Waals surface area (Å²) in [7, 11) is 0. The third-order valence-electron chi connectivity index (χ3n) is 4.12. The highest BCUT2D eigenvalue weighted by Gasteiger charge is 2.32. The summed E-state index contributed by atoms with van der Waals surface area (Å²) in [6.45, 7) is 9.79. The van der Waals surface area contributed by atoms with Crippen molar-refractivity contribution in [2.45, 2.75) is 52.2 Å². The second-order valence-corrected chi connectivity index (χ2v) is 6.75. The molecule has 1 aliphatic rings. The molecule has 1 amide bonds. The molecule has 4 heteroatoms. The second-order valence-electron chi connectivity index (χ2n) is 6.32. The Kier molecular flexibility index (Phi) is 5.28. The highest BCUT2D eigenvalue weighted by Crippen LogP contribution is 2.33. The number of hydrogen-bond donors (Lipinski definition) is 0. The molecular weight excluding hydrogens is 284 g/mol. The molecule has 1 unspecified atom stereocenters. The summed E-state index contributed by atoms with van der Waals surface area (Å²) >= 11 is 5.94. The molecule has 1 aliphatic heterocycles. The van der Waals surface area contributed by atoms with Gasteiger partial charge in [-0.05, 0) is 51.8 Å². The van der Waals surface area contributed by atoms with E-state index in [9.17, 15) is 4.79 Å². The van der Waals surface area contributed by atoms with Crippen LogP contribution in [0.5, 0.6) is 0 Å². The molecule has 1 aromatic carbocycles. The number of halogens is 1. The molecule has 0 N–H and O–H groups in total. The maximum absolute atomic E-state index is 12.5. The summed E-state index contributed by atoms with van der Waals surface area (Å²) < 4.78 is 0. The van der Waals surface area contributed by atoms with Gasteiger partial charge in [-0.15, -0.1) is 0 Å². The Balaban J connectivity index is 2.00. The van der Waals surface area contributed by atoms with Crippen LogP contribution in [0.3, 0.4) is 0 Å². The van der Waals surface area contributed by atoms with Gasteiger partial charge >= 0.3 is 0 Å². The number of nitrogens with zero attached hydrogens (tertiary/aromatic N) is 2. The van der Waals surface area contributed by atoms with Crippen molar-refractivity contribution in [1.82, 2.24) is 9.80 Å². The van der Waals surface area contributed by atoms with Crippen molar-refractivity contribution in [2.75, 3.05) is 13.1 Å². The Labute approximate surface area is 132 Å². The number of hydrogen-bond acceptors (Lipinski definition) is 2. The number of rotatable bonds is 5. The van der Waals surface area contributed by atoms with Gasteiger partial charge in [0.25, 0.3) is 0 Å². The maximum Gasteiger partial charge on any atom is 0.237 e. The Morgan fingerprint density at radius 2 is 1.81 bits per heavy atom. The first-order valence-corrected chi connectivity index (χ1v) is 8.08. The molecule has 0 saturated carbocycles. The van der Waals surface area contributed by atoms with E-state index in [0.717, 1.165) is 18.0 Å². The van der Waals surface area contributed by atoms with Gasteiger partial charge in [-0.3, -0.25) is 9.69 Å². The van der Waals surface area contributed by atoms with Gasteiger partial charge in [-0.25, -0.2) is 0 Å². The minimum atomic E-state index is 0.221. The van der Waals surface area contributed by atoms with Crippen LogP contribution in [-0.4, -0.2) is 40.9 Å². The topological polar surface area (TPSA) is 23.6 Å². The standard InChI is InChI=1S/C17H25ClN2O/c1-12(2)20(13(3)4)17(21)11-19-10-9-16(19)14-5-7-15(18)8-6-14/h5-8,12-13,16H,9-11H2,1-4H3. The van der Waals surface area contributed by atoms with Crippen molar-refractivity contribution >= 4 is 17.5 Å². The first kappa shape index (κ1) is 16.3. The van der Waals surface area contributed by atoms with E-state index in [1.54, 1.807) is 0 Å². The van der Waals surface area contributed by atoms with E-state index < -0.39 is 0 Å². The highest BCUT2D eigenvalue weighted by atomic mass is 35.5. The summed E-state index contributed by atoms with van der Waals surface area (Å²) in [6, 6.07) is 8.81. The second kappa shape index (κ2) is 6.80. The van der Waals surface area contributed by atoms with Gasteiger partial charge in [-0.1, -0.05) is 23.7 Å². The largest absolute Gasteiger partial charge is 0.337 e. The average molecular weight is 309 g/mol. The SMILES string of the molecule is CC(C)N(C(=O)CN1CCC1c1ccc(Cl)cc1)C(C)C. The van der Waals surface area contributed by atoms with Crippen LogP contribution in [0.25, 0.3) is 0 Å². The summed E-state index contributed by atoms with van der Waals surface area (Å²) in [5.74, 6) is 0.221. The molecule has 1 heterocycles. The molecule has 3 nitrogen and oxygen atoms in total. The molecular formula is C17H25ClN2O. The maximum atomic E-state index is 12.5. The molecule has 116 valence electrons. The van der Waals surface area contributed by atoms with E-state index in [0.29, 0.717) is 12.6 Å². The van der Waals surface area contributed by atoms with Crippen molar-refractivity contribution in [3.63, 3.8) is 0 Å². The normalized spacial score (nSPS) is 18.9. The van der Waals surface area contributed by atoms with Gasteiger partial charge in [0.1, 0.15) is 0 Å². The molecule has 2 rings (SSSR count). The first-order chi connectivity index (χ1) is 9.90. The molecule has 1 saturated heterocycles. The fraction of sp³-hybridized carbons (Fsp3) is 0.588. The van der Waals surface area contributed by atoms with Crippen LogP contribution in [0, 0.1) is 0 Å². The Morgan fingerprint density at radius 1 is 1.24 bits per heavy atom. The lowest BCUT2D eigenvalue weighted by atomic mass is 9.94. The van der Waals surface area contributed by atoms with Crippen molar-refractivity contribution < 1.29 is 4.79 Å². The zero-order valence-electron chi connectivity index (χ0n) is 13.3. The van der Waals surface area contributed by atoms with Crippen LogP contribution >= 0.6 is 11.6 Å². The minimum Gasteiger partial charge on any atom is -0.337 e. The summed E-state index contributed by atoms with van der Waals surface area (Å²) in [5.41, 5.74) is 1.25. The molecule has 1 aromatic rings. The fourth-order valence-corrected chi connectivity index (χ4v) is 3.25. The number of amides is 1. The van der Waals surface area contributed by atoms with Crippen LogP contribution < -0.4 is 0 Å². The molecule has 0 spiro atoms. The third kappa shape index (κ3) is 3.78. The summed E-state index contributed by atoms with van der Waals surface area (Å²) in [4.78, 5) is 16.7. The first-order valence-electron chi connectivity index (χ1n) is 7.71. The fourth-order valence-electron chi connectivity index (χ4n) is 3.12. The lowest BCUT2D eigenvalue weighted by molar-refractivity contribution is -0.138. The van der Waals surface area contributed by atoms with Gasteiger partial charge in [0.2, 0.25) is 5.91 Å². The van der Waals surface area contributed by atoms with Crippen LogP contribution in [0.15, 0.2) is 24.3 Å². The number of benzene rings is 1. The molecule has 0 aromatic heterocycles. The third-order valence-corrected chi connectivity index (χ3v) is 4.38. The van der Waals surface area contributed by atoms with Gasteiger partial charge in [0.05, 0.1) is 6.54 Å². The minimum absolute atomic E-state index is 0.221. The molecule has 1 atom stereocenters. The molecule has 0 bridgehead atoms. The van der Waals surface area contributed by atoms with Crippen molar-refractivity contribution in [1.29, 1.82) is 0 Å². The van der Waals surface area contributed by atoms with Gasteiger partial charge in [-0.2, -0.15) is 0 Å². The predicted octanol–water partition coefficient (Wildman–Crippen LogP) is 3.73. The van der Waals surface area contributed by atoms with E-state index in [4.69, 9.17) is 11.6 Å². The average Bonchev–Trinajstić information content (AvgIpc) is 2.36. The van der Waals surface area contributed by atoms with Crippen molar-refractivity contribution in [3.8, 4) is 0 Å². The lowest BCUT2D eigenvalue weighted by Crippen LogP contribution is -2.51.